The molecular weight excluding hydrogens is 176 g/mol. The quantitative estimate of drug-likeness (QED) is 0.743. The van der Waals surface area contributed by atoms with Crippen LogP contribution in [0.15, 0.2) is 0 Å². The fraction of sp³-hybridized carbons (Fsp3) is 0.909. The zero-order valence-corrected chi connectivity index (χ0v) is 9.55. The van der Waals surface area contributed by atoms with E-state index < -0.39 is 0 Å². The van der Waals surface area contributed by atoms with Crippen LogP contribution in [0.3, 0.4) is 0 Å². The summed E-state index contributed by atoms with van der Waals surface area (Å²) >= 11 is 0. The molecule has 0 aromatic rings. The SMILES string of the molecule is CCC(NC)C1CCCCN1C(C)=O. The van der Waals surface area contributed by atoms with E-state index in [4.69, 9.17) is 0 Å². The molecule has 1 heterocycles. The van der Waals surface area contributed by atoms with Gasteiger partial charge in [-0.25, -0.2) is 0 Å². The van der Waals surface area contributed by atoms with Crippen molar-refractivity contribution in [2.45, 2.75) is 51.6 Å². The van der Waals surface area contributed by atoms with Gasteiger partial charge in [0.2, 0.25) is 5.91 Å². The number of carbonyl (C=O) groups excluding carboxylic acids is 1. The lowest BCUT2D eigenvalue weighted by molar-refractivity contribution is -0.133. The number of likely N-dealkylation sites (tertiary alicyclic amines) is 1. The second-order valence-corrected chi connectivity index (χ2v) is 4.08. The van der Waals surface area contributed by atoms with Gasteiger partial charge in [0.25, 0.3) is 0 Å². The molecule has 1 aliphatic heterocycles. The molecule has 3 nitrogen and oxygen atoms in total. The predicted octanol–water partition coefficient (Wildman–Crippen LogP) is 1.39. The number of hydrogen-bond donors (Lipinski definition) is 1. The molecule has 1 N–H and O–H groups in total. The summed E-state index contributed by atoms with van der Waals surface area (Å²) in [6, 6.07) is 0.871. The Morgan fingerprint density at radius 3 is 2.79 bits per heavy atom. The lowest BCUT2D eigenvalue weighted by Gasteiger charge is -2.39. The first-order valence-corrected chi connectivity index (χ1v) is 5.65. The van der Waals surface area contributed by atoms with Crippen LogP contribution in [-0.4, -0.2) is 36.5 Å². The number of nitrogens with one attached hydrogen (secondary N) is 1. The first-order chi connectivity index (χ1) is 6.70. The van der Waals surface area contributed by atoms with Gasteiger partial charge in [0.1, 0.15) is 0 Å². The lowest BCUT2D eigenvalue weighted by Crippen LogP contribution is -2.52. The van der Waals surface area contributed by atoms with E-state index >= 15 is 0 Å². The van der Waals surface area contributed by atoms with Gasteiger partial charge in [0, 0.05) is 25.6 Å². The van der Waals surface area contributed by atoms with Crippen molar-refractivity contribution in [2.24, 2.45) is 0 Å². The molecule has 0 aliphatic carbocycles. The number of piperidine rings is 1. The van der Waals surface area contributed by atoms with Crippen LogP contribution in [0.25, 0.3) is 0 Å². The molecule has 2 atom stereocenters. The van der Waals surface area contributed by atoms with E-state index in [-0.39, 0.29) is 5.91 Å². The topological polar surface area (TPSA) is 32.3 Å². The average molecular weight is 198 g/mol. The number of amides is 1. The number of likely N-dealkylation sites (N-methyl/N-ethyl adjacent to an activating group) is 1. The zero-order chi connectivity index (χ0) is 10.6. The smallest absolute Gasteiger partial charge is 0.219 e. The van der Waals surface area contributed by atoms with Crippen LogP contribution >= 0.6 is 0 Å². The minimum Gasteiger partial charge on any atom is -0.338 e. The second kappa shape index (κ2) is 5.35. The van der Waals surface area contributed by atoms with Crippen molar-refractivity contribution in [1.82, 2.24) is 10.2 Å². The summed E-state index contributed by atoms with van der Waals surface area (Å²) in [4.78, 5) is 13.5. The van der Waals surface area contributed by atoms with Crippen LogP contribution in [0.2, 0.25) is 0 Å². The summed E-state index contributed by atoms with van der Waals surface area (Å²) in [5.41, 5.74) is 0. The van der Waals surface area contributed by atoms with Gasteiger partial charge in [0.05, 0.1) is 0 Å². The molecule has 1 amide bonds. The van der Waals surface area contributed by atoms with Gasteiger partial charge in [-0.2, -0.15) is 0 Å². The molecule has 0 saturated carbocycles. The summed E-state index contributed by atoms with van der Waals surface area (Å²) in [7, 11) is 1.99. The third kappa shape index (κ3) is 2.47. The van der Waals surface area contributed by atoms with E-state index in [0.29, 0.717) is 12.1 Å². The lowest BCUT2D eigenvalue weighted by atomic mass is 9.94. The Bertz CT molecular complexity index is 190. The van der Waals surface area contributed by atoms with Gasteiger partial charge < -0.3 is 10.2 Å². The number of rotatable bonds is 3. The Labute approximate surface area is 86.9 Å². The Hall–Kier alpha value is -0.570. The van der Waals surface area contributed by atoms with E-state index in [0.717, 1.165) is 25.8 Å². The predicted molar refractivity (Wildman–Crippen MR) is 58.2 cm³/mol. The Balaban J connectivity index is 2.65. The van der Waals surface area contributed by atoms with Gasteiger partial charge in [-0.1, -0.05) is 6.92 Å². The minimum atomic E-state index is 0.225. The molecule has 1 rings (SSSR count). The maximum atomic E-state index is 11.4. The second-order valence-electron chi connectivity index (χ2n) is 4.08. The molecule has 0 radical (unpaired) electrons. The van der Waals surface area contributed by atoms with Gasteiger partial charge in [-0.05, 0) is 32.7 Å². The van der Waals surface area contributed by atoms with Crippen molar-refractivity contribution in [3.8, 4) is 0 Å². The van der Waals surface area contributed by atoms with Crippen molar-refractivity contribution in [3.63, 3.8) is 0 Å². The highest BCUT2D eigenvalue weighted by molar-refractivity contribution is 5.73. The first-order valence-electron chi connectivity index (χ1n) is 5.65. The highest BCUT2D eigenvalue weighted by atomic mass is 16.2. The number of nitrogens with zero attached hydrogens (tertiary/aromatic N) is 1. The molecular formula is C11H22N2O. The fourth-order valence-electron chi connectivity index (χ4n) is 2.44. The Morgan fingerprint density at radius 1 is 1.57 bits per heavy atom. The van der Waals surface area contributed by atoms with Crippen LogP contribution < -0.4 is 5.32 Å². The van der Waals surface area contributed by atoms with Gasteiger partial charge in [0.15, 0.2) is 0 Å². The Morgan fingerprint density at radius 2 is 2.29 bits per heavy atom. The van der Waals surface area contributed by atoms with Crippen LogP contribution in [0.1, 0.15) is 39.5 Å². The van der Waals surface area contributed by atoms with Crippen LogP contribution in [0.4, 0.5) is 0 Å². The zero-order valence-electron chi connectivity index (χ0n) is 9.55. The summed E-state index contributed by atoms with van der Waals surface area (Å²) in [5.74, 6) is 0.225. The van der Waals surface area contributed by atoms with Gasteiger partial charge in [-0.15, -0.1) is 0 Å². The van der Waals surface area contributed by atoms with E-state index in [1.54, 1.807) is 6.92 Å². The van der Waals surface area contributed by atoms with Crippen molar-refractivity contribution in [2.75, 3.05) is 13.6 Å². The van der Waals surface area contributed by atoms with Crippen LogP contribution in [0.5, 0.6) is 0 Å². The largest absolute Gasteiger partial charge is 0.338 e. The number of carbonyl (C=O) groups is 1. The van der Waals surface area contributed by atoms with E-state index in [2.05, 4.69) is 12.2 Å². The minimum absolute atomic E-state index is 0.225. The van der Waals surface area contributed by atoms with Crippen molar-refractivity contribution >= 4 is 5.91 Å². The normalized spacial score (nSPS) is 24.8. The van der Waals surface area contributed by atoms with Crippen molar-refractivity contribution < 1.29 is 4.79 Å². The average Bonchev–Trinajstić information content (AvgIpc) is 2.20. The van der Waals surface area contributed by atoms with Crippen LogP contribution in [-0.2, 0) is 4.79 Å². The molecule has 0 aromatic heterocycles. The number of hydrogen-bond acceptors (Lipinski definition) is 2. The molecule has 1 aliphatic rings. The van der Waals surface area contributed by atoms with Gasteiger partial charge >= 0.3 is 0 Å². The summed E-state index contributed by atoms with van der Waals surface area (Å²) < 4.78 is 0. The van der Waals surface area contributed by atoms with Crippen molar-refractivity contribution in [3.05, 3.63) is 0 Å². The molecule has 3 heteroatoms. The van der Waals surface area contributed by atoms with E-state index in [1.165, 1.54) is 6.42 Å². The molecule has 2 unspecified atom stereocenters. The Kier molecular flexibility index (Phi) is 4.39. The first kappa shape index (κ1) is 11.5. The van der Waals surface area contributed by atoms with E-state index in [9.17, 15) is 4.79 Å². The highest BCUT2D eigenvalue weighted by Gasteiger charge is 2.29. The molecule has 1 saturated heterocycles. The molecule has 0 aromatic carbocycles. The summed E-state index contributed by atoms with van der Waals surface area (Å²) in [6.07, 6.45) is 4.66. The standard InChI is InChI=1S/C11H22N2O/c1-4-10(12-3)11-7-5-6-8-13(11)9(2)14/h10-12H,4-8H2,1-3H3. The van der Waals surface area contributed by atoms with E-state index in [1.807, 2.05) is 11.9 Å². The third-order valence-corrected chi connectivity index (χ3v) is 3.23. The summed E-state index contributed by atoms with van der Waals surface area (Å²) in [5, 5.41) is 3.31. The molecule has 14 heavy (non-hydrogen) atoms. The molecule has 0 bridgehead atoms. The summed E-state index contributed by atoms with van der Waals surface area (Å²) in [6.45, 7) is 4.80. The molecule has 82 valence electrons. The maximum Gasteiger partial charge on any atom is 0.219 e. The highest BCUT2D eigenvalue weighted by Crippen LogP contribution is 2.21. The van der Waals surface area contributed by atoms with Crippen molar-refractivity contribution in [1.29, 1.82) is 0 Å². The van der Waals surface area contributed by atoms with Gasteiger partial charge in [-0.3, -0.25) is 4.79 Å². The monoisotopic (exact) mass is 198 g/mol. The fourth-order valence-corrected chi connectivity index (χ4v) is 2.44. The maximum absolute atomic E-state index is 11.4. The molecule has 0 spiro atoms. The molecule has 1 fully saturated rings. The third-order valence-electron chi connectivity index (χ3n) is 3.23. The van der Waals surface area contributed by atoms with Crippen LogP contribution in [0, 0.1) is 0 Å².